The number of fused-ring (bicyclic) bond motifs is 1. The van der Waals surface area contributed by atoms with E-state index in [0.717, 1.165) is 0 Å². The van der Waals surface area contributed by atoms with E-state index in [9.17, 15) is 30.0 Å². The zero-order valence-electron chi connectivity index (χ0n) is 19.1. The second-order valence-corrected chi connectivity index (χ2v) is 9.17. The molecular formula is C24H27BrO8. The maximum Gasteiger partial charge on any atom is 0.174 e. The number of carbonyl (C=O) groups excluding carboxylic acids is 2. The summed E-state index contributed by atoms with van der Waals surface area (Å²) in [5.74, 6) is -3.33. The molecular weight excluding hydrogens is 496 g/mol. The summed E-state index contributed by atoms with van der Waals surface area (Å²) in [4.78, 5) is 25.8. The maximum absolute atomic E-state index is 13.0. The number of halogens is 1. The molecule has 2 aromatic carbocycles. The summed E-state index contributed by atoms with van der Waals surface area (Å²) in [6.07, 6.45) is 1.09. The van der Waals surface area contributed by atoms with E-state index in [1.165, 1.54) is 14.0 Å². The number of aromatic hydroxyl groups is 4. The van der Waals surface area contributed by atoms with Crippen LogP contribution in [-0.2, 0) is 0 Å². The Labute approximate surface area is 199 Å². The Morgan fingerprint density at radius 3 is 2.21 bits per heavy atom. The number of phenolic OH excluding ortho intramolecular Hbond substituents is 4. The number of rotatable bonds is 6. The summed E-state index contributed by atoms with van der Waals surface area (Å²) in [5, 5.41) is 44.0. The van der Waals surface area contributed by atoms with E-state index in [0.29, 0.717) is 12.8 Å². The fourth-order valence-corrected chi connectivity index (χ4v) is 4.58. The highest BCUT2D eigenvalue weighted by molar-refractivity contribution is 9.10. The molecule has 0 aromatic heterocycles. The minimum Gasteiger partial charge on any atom is -0.507 e. The van der Waals surface area contributed by atoms with Crippen molar-refractivity contribution in [2.45, 2.75) is 59.0 Å². The van der Waals surface area contributed by atoms with Crippen LogP contribution in [0.3, 0.4) is 0 Å². The van der Waals surface area contributed by atoms with E-state index in [1.54, 1.807) is 13.8 Å². The molecule has 0 saturated carbocycles. The molecule has 0 fully saturated rings. The van der Waals surface area contributed by atoms with E-state index < -0.39 is 45.7 Å². The van der Waals surface area contributed by atoms with Gasteiger partial charge in [-0.2, -0.15) is 0 Å². The van der Waals surface area contributed by atoms with Gasteiger partial charge in [0.25, 0.3) is 0 Å². The average Bonchev–Trinajstić information content (AvgIpc) is 2.76. The molecule has 1 atom stereocenters. The number of benzene rings is 2. The highest BCUT2D eigenvalue weighted by Gasteiger charge is 2.41. The highest BCUT2D eigenvalue weighted by Crippen LogP contribution is 2.58. The van der Waals surface area contributed by atoms with Gasteiger partial charge >= 0.3 is 0 Å². The van der Waals surface area contributed by atoms with Gasteiger partial charge in [-0.15, -0.1) is 0 Å². The molecule has 0 saturated heterocycles. The Morgan fingerprint density at radius 1 is 1.06 bits per heavy atom. The molecule has 33 heavy (non-hydrogen) atoms. The van der Waals surface area contributed by atoms with Gasteiger partial charge in [-0.3, -0.25) is 9.59 Å². The first-order valence-electron chi connectivity index (χ1n) is 10.6. The zero-order valence-corrected chi connectivity index (χ0v) is 20.7. The van der Waals surface area contributed by atoms with E-state index in [-0.39, 0.29) is 51.1 Å². The monoisotopic (exact) mass is 522 g/mol. The number of ketones is 2. The third-order valence-corrected chi connectivity index (χ3v) is 6.83. The lowest BCUT2D eigenvalue weighted by molar-refractivity contribution is 0.0486. The van der Waals surface area contributed by atoms with Crippen LogP contribution in [0.2, 0.25) is 0 Å². The Kier molecular flexibility index (Phi) is 6.57. The summed E-state index contributed by atoms with van der Waals surface area (Å²) >= 11 is 3.23. The van der Waals surface area contributed by atoms with Gasteiger partial charge in [0, 0.05) is 12.0 Å². The van der Waals surface area contributed by atoms with E-state index in [1.807, 2.05) is 6.92 Å². The predicted octanol–water partition coefficient (Wildman–Crippen LogP) is 5.37. The number of methoxy groups -OCH3 is 1. The van der Waals surface area contributed by atoms with Crippen LogP contribution >= 0.6 is 15.9 Å². The van der Waals surface area contributed by atoms with Gasteiger partial charge in [0.15, 0.2) is 17.3 Å². The summed E-state index contributed by atoms with van der Waals surface area (Å²) in [7, 11) is 1.30. The first-order valence-corrected chi connectivity index (χ1v) is 11.4. The number of hydrogen-bond acceptors (Lipinski definition) is 8. The maximum atomic E-state index is 13.0. The van der Waals surface area contributed by atoms with Gasteiger partial charge in [-0.05, 0) is 42.6 Å². The second-order valence-electron chi connectivity index (χ2n) is 8.37. The van der Waals surface area contributed by atoms with Crippen LogP contribution in [0.4, 0.5) is 0 Å². The minimum absolute atomic E-state index is 0.0127. The number of hydrogen-bond donors (Lipinski definition) is 4. The number of carbonyl (C=O) groups is 2. The molecule has 9 heteroatoms. The molecule has 1 unspecified atom stereocenters. The van der Waals surface area contributed by atoms with Gasteiger partial charge in [-0.1, -0.05) is 13.8 Å². The Bertz CT molecular complexity index is 1170. The summed E-state index contributed by atoms with van der Waals surface area (Å²) < 4.78 is 11.2. The number of Topliss-reactive ketones (excluding diaryl/α,β-unsaturated/α-hetero) is 2. The molecule has 178 valence electrons. The van der Waals surface area contributed by atoms with Gasteiger partial charge in [-0.25, -0.2) is 0 Å². The van der Waals surface area contributed by atoms with E-state index in [2.05, 4.69) is 15.9 Å². The van der Waals surface area contributed by atoms with Crippen molar-refractivity contribution in [1.82, 2.24) is 0 Å². The van der Waals surface area contributed by atoms with E-state index in [4.69, 9.17) is 9.47 Å². The third kappa shape index (κ3) is 3.78. The van der Waals surface area contributed by atoms with Crippen molar-refractivity contribution in [3.63, 3.8) is 0 Å². The largest absolute Gasteiger partial charge is 0.507 e. The molecule has 2 aromatic rings. The van der Waals surface area contributed by atoms with Crippen molar-refractivity contribution in [3.8, 4) is 45.6 Å². The first-order chi connectivity index (χ1) is 15.4. The fraction of sp³-hybridized carbons (Fsp3) is 0.417. The molecule has 1 heterocycles. The fourth-order valence-electron chi connectivity index (χ4n) is 4.10. The van der Waals surface area contributed by atoms with Crippen molar-refractivity contribution in [2.24, 2.45) is 0 Å². The van der Waals surface area contributed by atoms with Crippen LogP contribution < -0.4 is 9.47 Å². The molecule has 3 rings (SSSR count). The van der Waals surface area contributed by atoms with Crippen LogP contribution in [0.25, 0.3) is 11.1 Å². The first kappa shape index (κ1) is 24.7. The Morgan fingerprint density at radius 2 is 1.67 bits per heavy atom. The number of ether oxygens (including phenoxy) is 2. The zero-order chi connectivity index (χ0) is 24.8. The smallest absolute Gasteiger partial charge is 0.174 e. The molecule has 0 spiro atoms. The summed E-state index contributed by atoms with van der Waals surface area (Å²) in [6, 6.07) is 0. The molecule has 0 radical (unpaired) electrons. The van der Waals surface area contributed by atoms with E-state index >= 15 is 0 Å². The molecule has 1 aliphatic heterocycles. The molecule has 8 nitrogen and oxygen atoms in total. The van der Waals surface area contributed by atoms with Crippen LogP contribution in [0, 0.1) is 6.92 Å². The third-order valence-electron chi connectivity index (χ3n) is 6.10. The standard InChI is InChI=1S/C24H27BrO8/c1-6-8-11(26)13-19(29)15(18(28)10(3)22(13)32-5)16-20(30)14-12(27)9-24(4,7-2)33-23(14)17(25)21(16)31/h28-31H,6-9H2,1-5H3. The molecule has 1 aliphatic rings. The highest BCUT2D eigenvalue weighted by atomic mass is 79.9. The molecule has 0 aliphatic carbocycles. The predicted molar refractivity (Wildman–Crippen MR) is 125 cm³/mol. The van der Waals surface area contributed by atoms with Gasteiger partial charge in [0.2, 0.25) is 0 Å². The lowest BCUT2D eigenvalue weighted by Crippen LogP contribution is -2.38. The lowest BCUT2D eigenvalue weighted by Gasteiger charge is -2.35. The van der Waals surface area contributed by atoms with Gasteiger partial charge < -0.3 is 29.9 Å². The van der Waals surface area contributed by atoms with Crippen LogP contribution in [0.15, 0.2) is 4.47 Å². The van der Waals surface area contributed by atoms with Gasteiger partial charge in [0.1, 0.15) is 49.9 Å². The van der Waals surface area contributed by atoms with Crippen molar-refractivity contribution in [1.29, 1.82) is 0 Å². The summed E-state index contributed by atoms with van der Waals surface area (Å²) in [5.41, 5.74) is -1.86. The van der Waals surface area contributed by atoms with Crippen LogP contribution in [0.5, 0.6) is 34.5 Å². The lowest BCUT2D eigenvalue weighted by atomic mass is 9.86. The normalized spacial score (nSPS) is 17.5. The topological polar surface area (TPSA) is 134 Å². The van der Waals surface area contributed by atoms with Crippen LogP contribution in [-0.4, -0.2) is 44.7 Å². The number of phenols is 4. The average molecular weight is 523 g/mol. The SMILES string of the molecule is CCCC(=O)c1c(O)c(-c2c(O)c(Br)c3c(c2O)C(=O)CC(C)(CC)O3)c(O)c(C)c1OC. The van der Waals surface area contributed by atoms with Crippen molar-refractivity contribution in [2.75, 3.05) is 7.11 Å². The quantitative estimate of drug-likeness (QED) is 0.372. The van der Waals surface area contributed by atoms with Gasteiger partial charge in [0.05, 0.1) is 24.7 Å². The summed E-state index contributed by atoms with van der Waals surface area (Å²) in [6.45, 7) is 6.87. The van der Waals surface area contributed by atoms with Crippen LogP contribution in [0.1, 0.15) is 72.7 Å². The molecule has 0 amide bonds. The van der Waals surface area contributed by atoms with Crippen molar-refractivity contribution in [3.05, 3.63) is 21.2 Å². The van der Waals surface area contributed by atoms with Crippen molar-refractivity contribution >= 4 is 27.5 Å². The second kappa shape index (κ2) is 8.78. The molecule has 0 bridgehead atoms. The molecule has 4 N–H and O–H groups in total. The van der Waals surface area contributed by atoms with Crippen molar-refractivity contribution < 1.29 is 39.5 Å². The minimum atomic E-state index is -0.826. The Hall–Kier alpha value is -2.94. The Balaban J connectivity index is 2.42.